The van der Waals surface area contributed by atoms with Gasteiger partial charge in [-0.25, -0.2) is 0 Å². The summed E-state index contributed by atoms with van der Waals surface area (Å²) in [6.07, 6.45) is 0. The lowest BCUT2D eigenvalue weighted by atomic mass is 10.0. The summed E-state index contributed by atoms with van der Waals surface area (Å²) in [6.45, 7) is 5.66. The van der Waals surface area contributed by atoms with E-state index in [2.05, 4.69) is 5.32 Å². The highest BCUT2D eigenvalue weighted by Gasteiger charge is 2.28. The van der Waals surface area contributed by atoms with Gasteiger partial charge in [-0.1, -0.05) is 19.9 Å². The average Bonchev–Trinajstić information content (AvgIpc) is 3.06. The van der Waals surface area contributed by atoms with Crippen molar-refractivity contribution < 1.29 is 19.1 Å². The molecule has 0 aliphatic carbocycles. The minimum absolute atomic E-state index is 0.0148. The van der Waals surface area contributed by atoms with E-state index >= 15 is 0 Å². The zero-order valence-corrected chi connectivity index (χ0v) is 15.0. The molecule has 1 heterocycles. The highest BCUT2D eigenvalue weighted by Crippen LogP contribution is 2.12. The number of hydrogen-bond acceptors (Lipinski definition) is 5. The molecule has 7 heteroatoms. The van der Waals surface area contributed by atoms with E-state index in [1.54, 1.807) is 25.2 Å². The van der Waals surface area contributed by atoms with Crippen LogP contribution in [0.4, 0.5) is 0 Å². The van der Waals surface area contributed by atoms with Gasteiger partial charge in [0.15, 0.2) is 0 Å². The van der Waals surface area contributed by atoms with Crippen LogP contribution in [0.1, 0.15) is 23.5 Å². The van der Waals surface area contributed by atoms with Crippen LogP contribution in [-0.4, -0.2) is 63.3 Å². The Morgan fingerprint density at radius 1 is 1.22 bits per heavy atom. The first-order chi connectivity index (χ1) is 11.0. The van der Waals surface area contributed by atoms with Crippen molar-refractivity contribution >= 4 is 23.2 Å². The number of nitrogens with zero attached hydrogens (tertiary/aromatic N) is 1. The van der Waals surface area contributed by atoms with Crippen LogP contribution in [0, 0.1) is 5.92 Å². The quantitative estimate of drug-likeness (QED) is 0.702. The predicted octanol–water partition coefficient (Wildman–Crippen LogP) is 1.62. The first-order valence-electron chi connectivity index (χ1n) is 7.62. The lowest BCUT2D eigenvalue weighted by Crippen LogP contribution is -2.52. The van der Waals surface area contributed by atoms with Crippen LogP contribution in [0.15, 0.2) is 17.5 Å². The Bertz CT molecular complexity index is 468. The van der Waals surface area contributed by atoms with Crippen LogP contribution in [0.25, 0.3) is 0 Å². The van der Waals surface area contributed by atoms with E-state index in [9.17, 15) is 9.59 Å². The molecule has 1 rings (SSSR count). The van der Waals surface area contributed by atoms with Gasteiger partial charge in [-0.15, -0.1) is 11.3 Å². The molecule has 0 fully saturated rings. The molecule has 1 aromatic heterocycles. The zero-order valence-electron chi connectivity index (χ0n) is 14.2. The fraction of sp³-hybridized carbons (Fsp3) is 0.625. The molecule has 0 aromatic carbocycles. The van der Waals surface area contributed by atoms with Crippen molar-refractivity contribution in [3.63, 3.8) is 0 Å². The van der Waals surface area contributed by atoms with Crippen molar-refractivity contribution in [1.82, 2.24) is 10.2 Å². The van der Waals surface area contributed by atoms with Crippen LogP contribution in [0.5, 0.6) is 0 Å². The predicted molar refractivity (Wildman–Crippen MR) is 90.7 cm³/mol. The summed E-state index contributed by atoms with van der Waals surface area (Å²) >= 11 is 1.36. The molecule has 0 radical (unpaired) electrons. The maximum Gasteiger partial charge on any atom is 0.262 e. The minimum atomic E-state index is -0.571. The third-order valence-corrected chi connectivity index (χ3v) is 4.28. The van der Waals surface area contributed by atoms with Gasteiger partial charge in [0.05, 0.1) is 18.1 Å². The Balaban J connectivity index is 2.79. The second kappa shape index (κ2) is 10.4. The van der Waals surface area contributed by atoms with Crippen LogP contribution in [0.2, 0.25) is 0 Å². The van der Waals surface area contributed by atoms with Gasteiger partial charge in [0, 0.05) is 27.3 Å². The summed E-state index contributed by atoms with van der Waals surface area (Å²) in [4.78, 5) is 27.3. The van der Waals surface area contributed by atoms with Crippen molar-refractivity contribution in [3.8, 4) is 0 Å². The summed E-state index contributed by atoms with van der Waals surface area (Å²) < 4.78 is 10.1. The highest BCUT2D eigenvalue weighted by molar-refractivity contribution is 7.12. The fourth-order valence-corrected chi connectivity index (χ4v) is 2.69. The average molecular weight is 342 g/mol. The maximum absolute atomic E-state index is 12.8. The van der Waals surface area contributed by atoms with Crippen molar-refractivity contribution in [2.45, 2.75) is 19.9 Å². The van der Waals surface area contributed by atoms with E-state index in [1.807, 2.05) is 25.3 Å². The Hall–Kier alpha value is -1.44. The van der Waals surface area contributed by atoms with Crippen LogP contribution < -0.4 is 5.32 Å². The number of thiophene rings is 1. The van der Waals surface area contributed by atoms with E-state index in [-0.39, 0.29) is 17.7 Å². The molecule has 130 valence electrons. The lowest BCUT2D eigenvalue weighted by Gasteiger charge is -2.29. The van der Waals surface area contributed by atoms with Gasteiger partial charge in [-0.3, -0.25) is 9.59 Å². The van der Waals surface area contributed by atoms with Gasteiger partial charge in [0.2, 0.25) is 5.91 Å². The molecule has 0 unspecified atom stereocenters. The van der Waals surface area contributed by atoms with E-state index < -0.39 is 6.04 Å². The smallest absolute Gasteiger partial charge is 0.262 e. The van der Waals surface area contributed by atoms with Crippen LogP contribution in [0.3, 0.4) is 0 Å². The van der Waals surface area contributed by atoms with Gasteiger partial charge < -0.3 is 19.7 Å². The summed E-state index contributed by atoms with van der Waals surface area (Å²) in [5, 5.41) is 4.69. The van der Waals surface area contributed by atoms with E-state index in [0.717, 1.165) is 0 Å². The number of carbonyl (C=O) groups is 2. The molecule has 2 amide bonds. The second-order valence-electron chi connectivity index (χ2n) is 5.48. The molecule has 23 heavy (non-hydrogen) atoms. The third-order valence-electron chi connectivity index (χ3n) is 3.41. The summed E-state index contributed by atoms with van der Waals surface area (Å²) in [5.74, 6) is -0.344. The molecule has 0 aliphatic rings. The minimum Gasteiger partial charge on any atom is -0.383 e. The van der Waals surface area contributed by atoms with Crippen LogP contribution >= 0.6 is 11.3 Å². The molecule has 0 spiro atoms. The number of hydrogen-bond donors (Lipinski definition) is 1. The van der Waals surface area contributed by atoms with Crippen molar-refractivity contribution in [2.24, 2.45) is 5.92 Å². The molecule has 1 N–H and O–H groups in total. The number of carbonyl (C=O) groups excluding carboxylic acids is 2. The topological polar surface area (TPSA) is 67.9 Å². The molecular formula is C16H26N2O4S. The van der Waals surface area contributed by atoms with E-state index in [1.165, 1.54) is 11.3 Å². The highest BCUT2D eigenvalue weighted by atomic mass is 32.1. The Morgan fingerprint density at radius 3 is 2.26 bits per heavy atom. The number of nitrogens with one attached hydrogen (secondary N) is 1. The molecule has 6 nitrogen and oxygen atoms in total. The third kappa shape index (κ3) is 6.29. The molecule has 0 bridgehead atoms. The number of methoxy groups -OCH3 is 2. The van der Waals surface area contributed by atoms with Crippen molar-refractivity contribution in [2.75, 3.05) is 40.5 Å². The Labute approximate surface area is 141 Å². The summed E-state index contributed by atoms with van der Waals surface area (Å²) in [7, 11) is 3.19. The first-order valence-corrected chi connectivity index (χ1v) is 8.50. The Morgan fingerprint density at radius 2 is 1.83 bits per heavy atom. The SMILES string of the molecule is COCCN(CCOC)C(=O)[C@H](NC(=O)c1cccs1)C(C)C. The number of ether oxygens (including phenoxy) is 2. The first kappa shape index (κ1) is 19.6. The molecule has 0 saturated heterocycles. The van der Waals surface area contributed by atoms with Gasteiger partial charge in [0.1, 0.15) is 6.04 Å². The van der Waals surface area contributed by atoms with E-state index in [4.69, 9.17) is 9.47 Å². The Kier molecular flexibility index (Phi) is 8.83. The van der Waals surface area contributed by atoms with Gasteiger partial charge in [0.25, 0.3) is 5.91 Å². The van der Waals surface area contributed by atoms with Gasteiger partial charge >= 0.3 is 0 Å². The molecule has 0 aliphatic heterocycles. The fourth-order valence-electron chi connectivity index (χ4n) is 2.07. The summed E-state index contributed by atoms with van der Waals surface area (Å²) in [5.41, 5.74) is 0. The monoisotopic (exact) mass is 342 g/mol. The molecule has 1 aromatic rings. The standard InChI is InChI=1S/C16H26N2O4S/c1-12(2)14(17-15(19)13-6-5-11-23-13)16(20)18(7-9-21-3)8-10-22-4/h5-6,11-12,14H,7-10H2,1-4H3,(H,17,19)/t14-/m1/s1. The zero-order chi connectivity index (χ0) is 17.2. The van der Waals surface area contributed by atoms with E-state index in [0.29, 0.717) is 31.2 Å². The molecular weight excluding hydrogens is 316 g/mol. The number of rotatable bonds is 10. The normalized spacial score (nSPS) is 12.2. The molecule has 0 saturated carbocycles. The number of amides is 2. The largest absolute Gasteiger partial charge is 0.383 e. The maximum atomic E-state index is 12.8. The molecule has 1 atom stereocenters. The van der Waals surface area contributed by atoms with Crippen LogP contribution in [-0.2, 0) is 14.3 Å². The van der Waals surface area contributed by atoms with Gasteiger partial charge in [-0.05, 0) is 17.4 Å². The van der Waals surface area contributed by atoms with Crippen molar-refractivity contribution in [3.05, 3.63) is 22.4 Å². The second-order valence-corrected chi connectivity index (χ2v) is 6.43. The lowest BCUT2D eigenvalue weighted by molar-refractivity contribution is -0.135. The summed E-state index contributed by atoms with van der Waals surface area (Å²) in [6, 6.07) is 2.99. The van der Waals surface area contributed by atoms with Crippen molar-refractivity contribution in [1.29, 1.82) is 0 Å². The van der Waals surface area contributed by atoms with Gasteiger partial charge in [-0.2, -0.15) is 0 Å².